The normalized spacial score (nSPS) is 11.3. The van der Waals surface area contributed by atoms with Gasteiger partial charge in [-0.25, -0.2) is 0 Å². The Labute approximate surface area is 163 Å². The van der Waals surface area contributed by atoms with Crippen molar-refractivity contribution in [3.05, 3.63) is 120 Å². The van der Waals surface area contributed by atoms with Crippen LogP contribution in [-0.2, 0) is 0 Å². The van der Waals surface area contributed by atoms with Gasteiger partial charge in [0, 0.05) is 4.47 Å². The second-order valence-electron chi connectivity index (χ2n) is 6.65. The molecule has 0 nitrogen and oxygen atoms in total. The first-order valence-corrected chi connectivity index (χ1v) is 9.69. The Balaban J connectivity index is 2.12. The van der Waals surface area contributed by atoms with E-state index in [1.54, 1.807) is 0 Å². The molecule has 2 heteroatoms. The van der Waals surface area contributed by atoms with E-state index in [9.17, 15) is 0 Å². The minimum Gasteiger partial charge on any atom is -0.195 e. The molecule has 0 aliphatic rings. The molecule has 126 valence electrons. The van der Waals surface area contributed by atoms with Gasteiger partial charge in [-0.1, -0.05) is 131 Å². The first kappa shape index (κ1) is 16.9. The fourth-order valence-electron chi connectivity index (χ4n) is 4.13. The fraction of sp³-hybridized carbons (Fsp3) is 0. The van der Waals surface area contributed by atoms with E-state index >= 15 is 0 Å². The molecule has 4 aromatic carbocycles. The molecule has 0 spiro atoms. The SMILES string of the molecule is Brc1ccc([B-](c2ccccc2)(c2ccccc2)c2ccccc2)cc1. The van der Waals surface area contributed by atoms with Gasteiger partial charge in [0.2, 0.25) is 0 Å². The van der Waals surface area contributed by atoms with E-state index in [0.29, 0.717) is 0 Å². The predicted molar refractivity (Wildman–Crippen MR) is 118 cm³/mol. The zero-order chi connectivity index (χ0) is 17.8. The zero-order valence-corrected chi connectivity index (χ0v) is 16.0. The van der Waals surface area contributed by atoms with Crippen molar-refractivity contribution in [3.63, 3.8) is 0 Å². The molecule has 0 aliphatic carbocycles. The molecule has 4 rings (SSSR count). The van der Waals surface area contributed by atoms with Crippen molar-refractivity contribution in [3.8, 4) is 0 Å². The Morgan fingerprint density at radius 3 is 1.04 bits per heavy atom. The number of hydrogen-bond acceptors (Lipinski definition) is 0. The van der Waals surface area contributed by atoms with Crippen molar-refractivity contribution in [2.75, 3.05) is 0 Å². The third-order valence-electron chi connectivity index (χ3n) is 5.27. The van der Waals surface area contributed by atoms with Gasteiger partial charge in [-0.15, -0.1) is 0 Å². The Hall–Kier alpha value is -2.58. The lowest BCUT2D eigenvalue weighted by Gasteiger charge is -2.44. The van der Waals surface area contributed by atoms with Gasteiger partial charge in [-0.05, 0) is 0 Å². The average molecular weight is 398 g/mol. The van der Waals surface area contributed by atoms with Crippen LogP contribution >= 0.6 is 15.9 Å². The minimum absolute atomic E-state index is 1.10. The summed E-state index contributed by atoms with van der Waals surface area (Å²) in [6.07, 6.45) is -1.25. The van der Waals surface area contributed by atoms with Gasteiger partial charge in [0.15, 0.2) is 0 Å². The second kappa shape index (κ2) is 7.35. The van der Waals surface area contributed by atoms with Gasteiger partial charge in [0.05, 0.1) is 0 Å². The van der Waals surface area contributed by atoms with Gasteiger partial charge in [-0.2, -0.15) is 21.9 Å². The van der Waals surface area contributed by atoms with Crippen molar-refractivity contribution < 1.29 is 0 Å². The highest BCUT2D eigenvalue weighted by atomic mass is 79.9. The molecule has 0 aromatic heterocycles. The summed E-state index contributed by atoms with van der Waals surface area (Å²) < 4.78 is 1.10. The summed E-state index contributed by atoms with van der Waals surface area (Å²) >= 11 is 3.59. The van der Waals surface area contributed by atoms with Crippen LogP contribution < -0.4 is 21.9 Å². The number of benzene rings is 4. The van der Waals surface area contributed by atoms with Gasteiger partial charge in [-0.3, -0.25) is 0 Å². The van der Waals surface area contributed by atoms with E-state index in [0.717, 1.165) is 4.47 Å². The largest absolute Gasteiger partial charge is 0.195 e. The van der Waals surface area contributed by atoms with Crippen molar-refractivity contribution in [2.24, 2.45) is 0 Å². The van der Waals surface area contributed by atoms with Crippen LogP contribution in [0.25, 0.3) is 0 Å². The Bertz CT molecular complexity index is 868. The van der Waals surface area contributed by atoms with E-state index in [4.69, 9.17) is 0 Å². The molecule has 4 aromatic rings. The van der Waals surface area contributed by atoms with E-state index in [-0.39, 0.29) is 0 Å². The van der Waals surface area contributed by atoms with Crippen LogP contribution in [-0.4, -0.2) is 6.15 Å². The van der Waals surface area contributed by atoms with Crippen LogP contribution in [0.1, 0.15) is 0 Å². The van der Waals surface area contributed by atoms with E-state index in [2.05, 4.69) is 131 Å². The van der Waals surface area contributed by atoms with E-state index < -0.39 is 6.15 Å². The summed E-state index contributed by atoms with van der Waals surface area (Å²) in [5, 5.41) is 0. The maximum absolute atomic E-state index is 3.59. The fourth-order valence-corrected chi connectivity index (χ4v) is 4.40. The van der Waals surface area contributed by atoms with Gasteiger partial charge < -0.3 is 0 Å². The van der Waals surface area contributed by atoms with Gasteiger partial charge >= 0.3 is 0 Å². The summed E-state index contributed by atoms with van der Waals surface area (Å²) in [5.41, 5.74) is 5.29. The number of hydrogen-bond donors (Lipinski definition) is 0. The lowest BCUT2D eigenvalue weighted by Crippen LogP contribution is -2.74. The molecular formula is C24H19BBr-. The van der Waals surface area contributed by atoms with Gasteiger partial charge in [0.1, 0.15) is 6.15 Å². The Kier molecular flexibility index (Phi) is 4.77. The summed E-state index contributed by atoms with van der Waals surface area (Å²) in [6.45, 7) is 0. The topological polar surface area (TPSA) is 0 Å². The monoisotopic (exact) mass is 397 g/mol. The molecule has 0 radical (unpaired) electrons. The average Bonchev–Trinajstić information content (AvgIpc) is 2.72. The molecule has 0 fully saturated rings. The molecule has 0 bridgehead atoms. The van der Waals surface area contributed by atoms with Crippen molar-refractivity contribution in [1.82, 2.24) is 0 Å². The quantitative estimate of drug-likeness (QED) is 0.459. The molecule has 0 saturated heterocycles. The highest BCUT2D eigenvalue weighted by Gasteiger charge is 2.31. The van der Waals surface area contributed by atoms with Crippen molar-refractivity contribution in [2.45, 2.75) is 0 Å². The smallest absolute Gasteiger partial charge is 0.108 e. The molecular weight excluding hydrogens is 379 g/mol. The van der Waals surface area contributed by atoms with Crippen LogP contribution in [0.4, 0.5) is 0 Å². The molecule has 0 heterocycles. The van der Waals surface area contributed by atoms with Crippen LogP contribution in [0.5, 0.6) is 0 Å². The molecule has 0 unspecified atom stereocenters. The summed E-state index contributed by atoms with van der Waals surface area (Å²) in [7, 11) is 0. The van der Waals surface area contributed by atoms with Crippen LogP contribution in [0.15, 0.2) is 120 Å². The van der Waals surface area contributed by atoms with Crippen LogP contribution in [0.2, 0.25) is 0 Å². The lowest BCUT2D eigenvalue weighted by atomic mass is 9.13. The van der Waals surface area contributed by atoms with E-state index in [1.165, 1.54) is 21.9 Å². The molecule has 0 amide bonds. The second-order valence-corrected chi connectivity index (χ2v) is 7.57. The molecule has 26 heavy (non-hydrogen) atoms. The number of rotatable bonds is 4. The maximum atomic E-state index is 3.59. The number of halogens is 1. The highest BCUT2D eigenvalue weighted by Crippen LogP contribution is 2.12. The first-order valence-electron chi connectivity index (χ1n) is 8.90. The zero-order valence-electron chi connectivity index (χ0n) is 14.4. The minimum atomic E-state index is -1.25. The first-order chi connectivity index (χ1) is 12.8. The van der Waals surface area contributed by atoms with Crippen LogP contribution in [0.3, 0.4) is 0 Å². The summed E-state index contributed by atoms with van der Waals surface area (Å²) in [6, 6.07) is 41.4. The maximum Gasteiger partial charge on any atom is 0.108 e. The molecule has 0 aliphatic heterocycles. The van der Waals surface area contributed by atoms with Gasteiger partial charge in [0.25, 0.3) is 0 Å². The summed E-state index contributed by atoms with van der Waals surface area (Å²) in [4.78, 5) is 0. The standard InChI is InChI=1S/C24H19BBr/c26-24-18-16-23(17-19-24)25(20-10-4-1-5-11-20,21-12-6-2-7-13-21)22-14-8-3-9-15-22/h1-19H/q-1. The van der Waals surface area contributed by atoms with Crippen molar-refractivity contribution >= 4 is 43.9 Å². The third kappa shape index (κ3) is 2.91. The summed E-state index contributed by atoms with van der Waals surface area (Å²) in [5.74, 6) is 0. The lowest BCUT2D eigenvalue weighted by molar-refractivity contribution is 1.64. The highest BCUT2D eigenvalue weighted by molar-refractivity contribution is 9.10. The molecule has 0 N–H and O–H groups in total. The third-order valence-corrected chi connectivity index (χ3v) is 5.80. The van der Waals surface area contributed by atoms with Crippen molar-refractivity contribution in [1.29, 1.82) is 0 Å². The Morgan fingerprint density at radius 2 is 0.692 bits per heavy atom. The predicted octanol–water partition coefficient (Wildman–Crippen LogP) is 3.83. The van der Waals surface area contributed by atoms with Crippen LogP contribution in [0, 0.1) is 0 Å². The molecule has 0 atom stereocenters. The Morgan fingerprint density at radius 1 is 0.385 bits per heavy atom. The van der Waals surface area contributed by atoms with E-state index in [1.807, 2.05) is 0 Å². The molecule has 0 saturated carbocycles.